The number of nitrogens with one attached hydrogen (secondary N) is 1. The third kappa shape index (κ3) is 7.03. The molecule has 2 aromatic carbocycles. The number of hydrogen-bond donors (Lipinski definition) is 3. The van der Waals surface area contributed by atoms with Crippen LogP contribution in [-0.4, -0.2) is 74.6 Å². The van der Waals surface area contributed by atoms with Gasteiger partial charge in [-0.25, -0.2) is 13.2 Å². The van der Waals surface area contributed by atoms with E-state index in [2.05, 4.69) is 5.32 Å². The van der Waals surface area contributed by atoms with Gasteiger partial charge in [-0.3, -0.25) is 0 Å². The van der Waals surface area contributed by atoms with Crippen LogP contribution in [0.2, 0.25) is 0 Å². The third-order valence-corrected chi connectivity index (χ3v) is 7.43. The summed E-state index contributed by atoms with van der Waals surface area (Å²) in [7, 11) is -5.33. The Morgan fingerprint density at radius 2 is 2.05 bits per heavy atom. The van der Waals surface area contributed by atoms with E-state index in [4.69, 9.17) is 39.1 Å². The first-order chi connectivity index (χ1) is 23.5. The zero-order chi connectivity index (χ0) is 39.5. The van der Waals surface area contributed by atoms with Gasteiger partial charge in [0.2, 0.25) is 10.0 Å². The summed E-state index contributed by atoms with van der Waals surface area (Å²) in [5.74, 6) is -6.43. The summed E-state index contributed by atoms with van der Waals surface area (Å²) in [4.78, 5) is 12.6. The van der Waals surface area contributed by atoms with E-state index in [0.717, 1.165) is 24.3 Å². The van der Waals surface area contributed by atoms with Crippen LogP contribution in [0.15, 0.2) is 59.5 Å². The topological polar surface area (TPSA) is 140 Å². The first-order valence-corrected chi connectivity index (χ1v) is 12.9. The van der Waals surface area contributed by atoms with Gasteiger partial charge in [0.25, 0.3) is 0 Å². The van der Waals surface area contributed by atoms with Crippen LogP contribution >= 0.6 is 0 Å². The van der Waals surface area contributed by atoms with Crippen LogP contribution < -0.4 is 11.1 Å². The average molecular weight is 562 g/mol. The fourth-order valence-electron chi connectivity index (χ4n) is 3.81. The monoisotopic (exact) mass is 561 g/mol. The largest absolute Gasteiger partial charge is 0.443 e. The lowest BCUT2D eigenvalue weighted by molar-refractivity contribution is -0.0907. The van der Waals surface area contributed by atoms with Gasteiger partial charge in [0.05, 0.1) is 41.5 Å². The predicted octanol–water partition coefficient (Wildman–Crippen LogP) is 2.38. The van der Waals surface area contributed by atoms with Crippen LogP contribution in [0.1, 0.15) is 44.9 Å². The first-order valence-electron chi connectivity index (χ1n) is 18.4. The average Bonchev–Trinajstić information content (AvgIpc) is 3.33. The minimum absolute atomic E-state index is 0.0668. The molecule has 0 aliphatic carbocycles. The number of aliphatic hydroxyl groups is 1. The Hall–Kier alpha value is -2.70. The molecule has 2 aliphatic heterocycles. The molecule has 208 valence electrons. The molecule has 11 heteroatoms. The number of benzene rings is 2. The fourth-order valence-corrected chi connectivity index (χ4v) is 5.11. The highest BCUT2D eigenvalue weighted by molar-refractivity contribution is 7.89. The molecule has 2 aliphatic rings. The SMILES string of the molecule is [2H]C1([2H])C[C@]2([2H])[C@H](O1)OC([2H])([2H])[C@@H]2OC(=O)N[C@@H](Cc1ccccc1)[C@H](O)CN(C([2H])([2H])C([2H])(C([2H])([2H])[2H])C([2H])([2H])[2H])S(=O)(=O)c1ccc(N)cc1. The normalized spacial score (nSPS) is 34.2. The summed E-state index contributed by atoms with van der Waals surface area (Å²) in [6.07, 6.45) is -8.77. The third-order valence-electron chi connectivity index (χ3n) is 5.74. The lowest BCUT2D eigenvalue weighted by atomic mass is 10.0. The zero-order valence-corrected chi connectivity index (χ0v) is 20.8. The van der Waals surface area contributed by atoms with Gasteiger partial charge in [0.15, 0.2) is 6.29 Å². The summed E-state index contributed by atoms with van der Waals surface area (Å²) < 4.78 is 157. The van der Waals surface area contributed by atoms with Crippen molar-refractivity contribution in [3.05, 3.63) is 60.2 Å². The quantitative estimate of drug-likeness (QED) is 0.355. The Morgan fingerprint density at radius 1 is 1.32 bits per heavy atom. The van der Waals surface area contributed by atoms with Crippen molar-refractivity contribution in [2.75, 3.05) is 31.9 Å². The van der Waals surface area contributed by atoms with Gasteiger partial charge in [-0.2, -0.15) is 4.31 Å². The second-order valence-electron chi connectivity index (χ2n) is 8.47. The molecule has 2 fully saturated rings. The van der Waals surface area contributed by atoms with Crippen molar-refractivity contribution in [2.24, 2.45) is 11.8 Å². The molecular formula is C27H37N3O7S. The van der Waals surface area contributed by atoms with Gasteiger partial charge in [0.1, 0.15) is 6.10 Å². The van der Waals surface area contributed by atoms with Gasteiger partial charge in [-0.05, 0) is 48.6 Å². The standard InChI is InChI=1S/C27H37N3O7S/c1-18(2)15-30(38(33,34)21-10-8-20(28)9-11-21)16-24(31)23(14-19-6-4-3-5-7-19)29-27(32)37-25-17-36-26-22(25)12-13-35-26/h3-11,18,22-26,31H,12-17,28H2,1-2H3,(H,29,32)/t22-,23-,24+,25-,26+/m0/s1/i1D3,2D3,13D2,15D2,17D2,18D,22D. The van der Waals surface area contributed by atoms with Gasteiger partial charge >= 0.3 is 6.09 Å². The van der Waals surface area contributed by atoms with Crippen molar-refractivity contribution >= 4 is 21.8 Å². The molecular weight excluding hydrogens is 510 g/mol. The number of anilines is 1. The van der Waals surface area contributed by atoms with Gasteiger partial charge < -0.3 is 30.4 Å². The molecule has 10 nitrogen and oxygen atoms in total. The van der Waals surface area contributed by atoms with Crippen LogP contribution in [0.3, 0.4) is 0 Å². The number of aliphatic hydroxyl groups excluding tert-OH is 1. The van der Waals surface area contributed by atoms with E-state index in [1.54, 1.807) is 18.2 Å². The number of rotatable bonds is 11. The number of amides is 1. The molecule has 2 heterocycles. The van der Waals surface area contributed by atoms with Gasteiger partial charge in [-0.1, -0.05) is 44.0 Å². The van der Waals surface area contributed by atoms with Crippen molar-refractivity contribution < 1.29 is 51.7 Å². The number of carbonyl (C=O) groups is 1. The number of hydrogen-bond acceptors (Lipinski definition) is 8. The van der Waals surface area contributed by atoms with E-state index in [1.165, 1.54) is 12.1 Å². The van der Waals surface area contributed by atoms with E-state index in [0.29, 0.717) is 5.56 Å². The van der Waals surface area contributed by atoms with E-state index in [9.17, 15) is 18.3 Å². The second kappa shape index (κ2) is 12.4. The molecule has 1 amide bonds. The van der Waals surface area contributed by atoms with Crippen LogP contribution in [0.25, 0.3) is 0 Å². The van der Waals surface area contributed by atoms with Crippen LogP contribution in [0, 0.1) is 11.8 Å². The summed E-state index contributed by atoms with van der Waals surface area (Å²) >= 11 is 0. The van der Waals surface area contributed by atoms with Crippen molar-refractivity contribution in [3.63, 3.8) is 0 Å². The smallest absolute Gasteiger partial charge is 0.407 e. The second-order valence-corrected chi connectivity index (χ2v) is 10.3. The summed E-state index contributed by atoms with van der Waals surface area (Å²) in [6, 6.07) is 10.1. The number of alkyl carbamates (subject to hydrolysis) is 1. The maximum absolute atomic E-state index is 14.1. The van der Waals surface area contributed by atoms with Crippen molar-refractivity contribution in [2.45, 2.75) is 56.0 Å². The van der Waals surface area contributed by atoms with Crippen LogP contribution in [-0.2, 0) is 30.7 Å². The van der Waals surface area contributed by atoms with Crippen LogP contribution in [0.4, 0.5) is 10.5 Å². The van der Waals surface area contributed by atoms with E-state index in [1.807, 2.05) is 0 Å². The lowest BCUT2D eigenvalue weighted by Gasteiger charge is -2.31. The number of ether oxygens (including phenoxy) is 3. The minimum Gasteiger partial charge on any atom is -0.443 e. The number of nitrogens with two attached hydrogens (primary N) is 1. The summed E-state index contributed by atoms with van der Waals surface area (Å²) in [5, 5.41) is 13.8. The molecule has 0 aromatic heterocycles. The Balaban J connectivity index is 1.76. The number of fused-ring (bicyclic) bond motifs is 1. The highest BCUT2D eigenvalue weighted by atomic mass is 32.2. The molecule has 0 spiro atoms. The number of sulfonamides is 1. The highest BCUT2D eigenvalue weighted by Gasteiger charge is 2.44. The summed E-state index contributed by atoms with van der Waals surface area (Å²) in [5.41, 5.74) is 6.11. The highest BCUT2D eigenvalue weighted by Crippen LogP contribution is 2.33. The minimum atomic E-state index is -5.33. The Labute approximate surface area is 243 Å². The molecule has 4 N–H and O–H groups in total. The number of nitrogen functional groups attached to an aromatic ring is 1. The van der Waals surface area contributed by atoms with Crippen molar-refractivity contribution in [3.8, 4) is 0 Å². The number of nitrogens with zero attached hydrogens (tertiary/aromatic N) is 1. The molecule has 0 bridgehead atoms. The van der Waals surface area contributed by atoms with E-state index >= 15 is 0 Å². The van der Waals surface area contributed by atoms with Crippen LogP contribution in [0.5, 0.6) is 0 Å². The maximum Gasteiger partial charge on any atom is 0.407 e. The molecule has 38 heavy (non-hydrogen) atoms. The number of carbonyl (C=O) groups excluding carboxylic acids is 1. The maximum atomic E-state index is 14.1. The van der Waals surface area contributed by atoms with E-state index < -0.39 is 104 Å². The lowest BCUT2D eigenvalue weighted by Crippen LogP contribution is -2.51. The predicted molar refractivity (Wildman–Crippen MR) is 142 cm³/mol. The van der Waals surface area contributed by atoms with Gasteiger partial charge in [0, 0.05) is 32.4 Å². The molecule has 4 rings (SSSR count). The first kappa shape index (κ1) is 15.2. The van der Waals surface area contributed by atoms with Crippen molar-refractivity contribution in [1.29, 1.82) is 0 Å². The molecule has 2 saturated heterocycles. The molecule has 0 saturated carbocycles. The van der Waals surface area contributed by atoms with Gasteiger partial charge in [-0.15, -0.1) is 0 Å². The Bertz CT molecular complexity index is 1700. The molecule has 0 unspecified atom stereocenters. The Kier molecular flexibility index (Phi) is 4.97. The fraction of sp³-hybridized carbons (Fsp3) is 0.519. The van der Waals surface area contributed by atoms with Crippen molar-refractivity contribution in [1.82, 2.24) is 9.62 Å². The van der Waals surface area contributed by atoms with E-state index in [-0.39, 0.29) is 16.4 Å². The molecule has 5 atom stereocenters. The molecule has 2 aromatic rings. The summed E-state index contributed by atoms with van der Waals surface area (Å²) in [6.45, 7) is -18.9. The molecule has 0 radical (unpaired) electrons. The zero-order valence-electron chi connectivity index (χ0n) is 34.0. The Morgan fingerprint density at radius 3 is 2.76 bits per heavy atom.